The SMILES string of the molecule is O=C1Nc2ccccc2SN1OCCN1C(=O)c2ccccc2C1=O. The number of anilines is 1. The summed E-state index contributed by atoms with van der Waals surface area (Å²) in [5.41, 5.74) is 1.51. The first kappa shape index (κ1) is 15.7. The maximum absolute atomic E-state index is 12.3. The average molecular weight is 355 g/mol. The molecule has 2 aromatic rings. The molecule has 0 aromatic heterocycles. The predicted octanol–water partition coefficient (Wildman–Crippen LogP) is 2.77. The molecule has 0 aliphatic carbocycles. The number of imide groups is 1. The lowest BCUT2D eigenvalue weighted by atomic mass is 10.1. The molecule has 0 fully saturated rings. The maximum atomic E-state index is 12.3. The number of amides is 4. The molecule has 0 saturated heterocycles. The Morgan fingerprint density at radius 2 is 1.56 bits per heavy atom. The number of para-hydroxylation sites is 1. The molecule has 126 valence electrons. The fourth-order valence-electron chi connectivity index (χ4n) is 2.68. The molecule has 2 aliphatic heterocycles. The first-order chi connectivity index (χ1) is 12.1. The van der Waals surface area contributed by atoms with Gasteiger partial charge in [0.25, 0.3) is 11.8 Å². The molecule has 0 saturated carbocycles. The molecule has 25 heavy (non-hydrogen) atoms. The van der Waals surface area contributed by atoms with Crippen LogP contribution in [-0.4, -0.2) is 40.4 Å². The topological polar surface area (TPSA) is 79.0 Å². The van der Waals surface area contributed by atoms with Crippen molar-refractivity contribution in [3.05, 3.63) is 59.7 Å². The summed E-state index contributed by atoms with van der Waals surface area (Å²) < 4.78 is 1.11. The van der Waals surface area contributed by atoms with Gasteiger partial charge in [-0.15, -0.1) is 4.47 Å². The number of benzene rings is 2. The minimum Gasteiger partial charge on any atom is -0.304 e. The van der Waals surface area contributed by atoms with Gasteiger partial charge in [0.05, 0.1) is 34.9 Å². The highest BCUT2D eigenvalue weighted by Crippen LogP contribution is 2.34. The van der Waals surface area contributed by atoms with E-state index in [-0.39, 0.29) is 25.0 Å². The van der Waals surface area contributed by atoms with Crippen molar-refractivity contribution >= 4 is 35.5 Å². The summed E-state index contributed by atoms with van der Waals surface area (Å²) in [6.45, 7) is 0.0897. The standard InChI is InChI=1S/C17H13N3O4S/c21-15-11-5-1-2-6-12(11)16(22)19(15)9-10-24-20-17(23)18-13-7-3-4-8-14(13)25-20/h1-8H,9-10H2,(H,18,23). The van der Waals surface area contributed by atoms with Crippen molar-refractivity contribution in [2.24, 2.45) is 0 Å². The van der Waals surface area contributed by atoms with Crippen LogP contribution in [0.15, 0.2) is 53.4 Å². The summed E-state index contributed by atoms with van der Waals surface area (Å²) in [4.78, 5) is 44.0. The lowest BCUT2D eigenvalue weighted by molar-refractivity contribution is -0.0401. The van der Waals surface area contributed by atoms with E-state index in [9.17, 15) is 14.4 Å². The summed E-state index contributed by atoms with van der Waals surface area (Å²) in [6, 6.07) is 13.6. The zero-order chi connectivity index (χ0) is 17.4. The molecule has 0 atom stereocenters. The Labute approximate surface area is 147 Å². The third-order valence-electron chi connectivity index (χ3n) is 3.88. The van der Waals surface area contributed by atoms with Crippen molar-refractivity contribution in [1.82, 2.24) is 9.37 Å². The number of carbonyl (C=O) groups excluding carboxylic acids is 3. The molecule has 2 heterocycles. The zero-order valence-electron chi connectivity index (χ0n) is 13.0. The molecule has 7 nitrogen and oxygen atoms in total. The second kappa shape index (κ2) is 6.23. The minimum atomic E-state index is -0.411. The van der Waals surface area contributed by atoms with Crippen LogP contribution in [0.5, 0.6) is 0 Å². The van der Waals surface area contributed by atoms with Crippen molar-refractivity contribution in [1.29, 1.82) is 0 Å². The van der Waals surface area contributed by atoms with Crippen LogP contribution in [-0.2, 0) is 4.84 Å². The van der Waals surface area contributed by atoms with Crippen LogP contribution in [0.3, 0.4) is 0 Å². The molecule has 8 heteroatoms. The van der Waals surface area contributed by atoms with Crippen LogP contribution in [0.2, 0.25) is 0 Å². The first-order valence-electron chi connectivity index (χ1n) is 7.61. The van der Waals surface area contributed by atoms with Gasteiger partial charge in [-0.3, -0.25) is 19.3 Å². The monoisotopic (exact) mass is 355 g/mol. The van der Waals surface area contributed by atoms with Crippen molar-refractivity contribution in [2.75, 3.05) is 18.5 Å². The first-order valence-corrected chi connectivity index (χ1v) is 8.39. The number of rotatable bonds is 4. The average Bonchev–Trinajstić information content (AvgIpc) is 2.87. The van der Waals surface area contributed by atoms with Crippen LogP contribution in [0.4, 0.5) is 10.5 Å². The molecule has 2 aromatic carbocycles. The number of carbonyl (C=O) groups is 3. The Balaban J connectivity index is 1.38. The van der Waals surface area contributed by atoms with Gasteiger partial charge in [0.2, 0.25) is 0 Å². The van der Waals surface area contributed by atoms with E-state index in [2.05, 4.69) is 5.32 Å². The number of fused-ring (bicyclic) bond motifs is 2. The van der Waals surface area contributed by atoms with E-state index < -0.39 is 6.03 Å². The van der Waals surface area contributed by atoms with Crippen molar-refractivity contribution in [3.8, 4) is 0 Å². The predicted molar refractivity (Wildman–Crippen MR) is 90.9 cm³/mol. The Bertz CT molecular complexity index is 851. The molecular formula is C17H13N3O4S. The van der Waals surface area contributed by atoms with E-state index >= 15 is 0 Å². The smallest absolute Gasteiger partial charge is 0.304 e. The molecule has 4 amide bonds. The third kappa shape index (κ3) is 2.75. The van der Waals surface area contributed by atoms with Crippen molar-refractivity contribution in [3.63, 3.8) is 0 Å². The van der Waals surface area contributed by atoms with Crippen LogP contribution in [0.1, 0.15) is 20.7 Å². The Hall–Kier alpha value is -2.84. The summed E-state index contributed by atoms with van der Waals surface area (Å²) in [5.74, 6) is -0.685. The number of urea groups is 1. The third-order valence-corrected chi connectivity index (χ3v) is 4.87. The summed E-state index contributed by atoms with van der Waals surface area (Å²) in [7, 11) is 0. The maximum Gasteiger partial charge on any atom is 0.356 e. The largest absolute Gasteiger partial charge is 0.356 e. The number of hydroxylamine groups is 1. The van der Waals surface area contributed by atoms with E-state index in [4.69, 9.17) is 4.84 Å². The normalized spacial score (nSPS) is 15.9. The van der Waals surface area contributed by atoms with Gasteiger partial charge in [-0.2, -0.15) is 0 Å². The number of nitrogens with one attached hydrogen (secondary N) is 1. The van der Waals surface area contributed by atoms with E-state index in [1.54, 1.807) is 30.3 Å². The molecule has 0 unspecified atom stereocenters. The Kier molecular flexibility index (Phi) is 3.90. The summed E-state index contributed by atoms with van der Waals surface area (Å²) in [6.07, 6.45) is 0. The molecule has 4 rings (SSSR count). The molecular weight excluding hydrogens is 342 g/mol. The van der Waals surface area contributed by atoms with Gasteiger partial charge in [-0.1, -0.05) is 24.3 Å². The molecule has 2 aliphatic rings. The Morgan fingerprint density at radius 1 is 0.920 bits per heavy atom. The molecule has 0 bridgehead atoms. The van der Waals surface area contributed by atoms with Gasteiger partial charge in [0.1, 0.15) is 0 Å². The number of hydrogen-bond acceptors (Lipinski definition) is 5. The molecule has 0 radical (unpaired) electrons. The van der Waals surface area contributed by atoms with Gasteiger partial charge < -0.3 is 5.32 Å². The van der Waals surface area contributed by atoms with Crippen LogP contribution in [0.25, 0.3) is 0 Å². The fraction of sp³-hybridized carbons (Fsp3) is 0.118. The van der Waals surface area contributed by atoms with E-state index in [0.29, 0.717) is 11.1 Å². The minimum absolute atomic E-state index is 0.0219. The highest BCUT2D eigenvalue weighted by atomic mass is 32.2. The number of hydrogen-bond donors (Lipinski definition) is 1. The van der Waals surface area contributed by atoms with Gasteiger partial charge >= 0.3 is 6.03 Å². The van der Waals surface area contributed by atoms with Gasteiger partial charge in [0.15, 0.2) is 0 Å². The lowest BCUT2D eigenvalue weighted by Gasteiger charge is -2.27. The van der Waals surface area contributed by atoms with Crippen LogP contribution >= 0.6 is 11.9 Å². The lowest BCUT2D eigenvalue weighted by Crippen LogP contribution is -2.37. The molecule has 0 spiro atoms. The quantitative estimate of drug-likeness (QED) is 0.674. The summed E-state index contributed by atoms with van der Waals surface area (Å²) >= 11 is 1.15. The van der Waals surface area contributed by atoms with Crippen LogP contribution < -0.4 is 5.32 Å². The fourth-order valence-corrected chi connectivity index (χ4v) is 3.47. The van der Waals surface area contributed by atoms with Crippen molar-refractivity contribution < 1.29 is 19.2 Å². The highest BCUT2D eigenvalue weighted by Gasteiger charge is 2.35. The second-order valence-corrected chi connectivity index (χ2v) is 6.37. The van der Waals surface area contributed by atoms with E-state index in [1.165, 1.54) is 0 Å². The van der Waals surface area contributed by atoms with Crippen LogP contribution in [0, 0.1) is 0 Å². The summed E-state index contributed by atoms with van der Waals surface area (Å²) in [5, 5.41) is 2.71. The second-order valence-electron chi connectivity index (χ2n) is 5.42. The Morgan fingerprint density at radius 3 is 2.28 bits per heavy atom. The molecule has 1 N–H and O–H groups in total. The van der Waals surface area contributed by atoms with Gasteiger partial charge in [0, 0.05) is 11.9 Å². The zero-order valence-corrected chi connectivity index (χ0v) is 13.8. The van der Waals surface area contributed by atoms with Gasteiger partial charge in [-0.05, 0) is 24.3 Å². The number of nitrogens with zero attached hydrogens (tertiary/aromatic N) is 2. The van der Waals surface area contributed by atoms with Crippen molar-refractivity contribution in [2.45, 2.75) is 4.90 Å². The van der Waals surface area contributed by atoms with E-state index in [1.807, 2.05) is 18.2 Å². The van der Waals surface area contributed by atoms with Gasteiger partial charge in [-0.25, -0.2) is 4.79 Å². The highest BCUT2D eigenvalue weighted by molar-refractivity contribution is 7.97. The van der Waals surface area contributed by atoms with E-state index in [0.717, 1.165) is 31.9 Å².